The monoisotopic (exact) mass is 358 g/mol. The van der Waals surface area contributed by atoms with Crippen molar-refractivity contribution < 1.29 is 9.53 Å². The summed E-state index contributed by atoms with van der Waals surface area (Å²) in [4.78, 5) is 20.9. The van der Waals surface area contributed by atoms with Crippen molar-refractivity contribution in [3.8, 4) is 0 Å². The summed E-state index contributed by atoms with van der Waals surface area (Å²) in [5.74, 6) is 0.222. The molecule has 3 rings (SSSR count). The third-order valence-electron chi connectivity index (χ3n) is 4.20. The molecule has 25 heavy (non-hydrogen) atoms. The summed E-state index contributed by atoms with van der Waals surface area (Å²) in [7, 11) is 1.78. The molecule has 0 aliphatic heterocycles. The summed E-state index contributed by atoms with van der Waals surface area (Å²) in [6.07, 6.45) is 3.29. The number of ether oxygens (including phenoxy) is 1. The van der Waals surface area contributed by atoms with Crippen molar-refractivity contribution in [3.05, 3.63) is 70.3 Å². The van der Waals surface area contributed by atoms with Crippen LogP contribution in [-0.2, 0) is 24.9 Å². The summed E-state index contributed by atoms with van der Waals surface area (Å²) in [5.41, 5.74) is 3.32. The van der Waals surface area contributed by atoms with Gasteiger partial charge in [0, 0.05) is 24.6 Å². The lowest BCUT2D eigenvalue weighted by Crippen LogP contribution is -2.10. The Labute approximate surface area is 151 Å². The van der Waals surface area contributed by atoms with Crippen LogP contribution in [0.3, 0.4) is 0 Å². The quantitative estimate of drug-likeness (QED) is 0.656. The SMILES string of the molecule is Cc1cc(C(=O)OCc2ncc(Cl)n2C)c(C)n1Cc1ccccn1. The predicted octanol–water partition coefficient (Wildman–Crippen LogP) is 3.29. The summed E-state index contributed by atoms with van der Waals surface area (Å²) in [6.45, 7) is 4.56. The number of pyridine rings is 1. The van der Waals surface area contributed by atoms with Crippen molar-refractivity contribution in [3.63, 3.8) is 0 Å². The lowest BCUT2D eigenvalue weighted by atomic mass is 10.2. The summed E-state index contributed by atoms with van der Waals surface area (Å²) >= 11 is 5.94. The van der Waals surface area contributed by atoms with Crippen LogP contribution in [0.1, 0.15) is 33.3 Å². The van der Waals surface area contributed by atoms with Gasteiger partial charge in [0.05, 0.1) is 24.0 Å². The average Bonchev–Trinajstić information content (AvgIpc) is 3.08. The second kappa shape index (κ2) is 7.11. The molecule has 0 unspecified atom stereocenters. The Morgan fingerprint density at radius 2 is 2.08 bits per heavy atom. The molecule has 0 N–H and O–H groups in total. The Morgan fingerprint density at radius 1 is 1.28 bits per heavy atom. The van der Waals surface area contributed by atoms with Crippen LogP contribution in [0.25, 0.3) is 0 Å². The number of rotatable bonds is 5. The fourth-order valence-corrected chi connectivity index (χ4v) is 2.82. The number of esters is 1. The number of nitrogens with zero attached hydrogens (tertiary/aromatic N) is 4. The van der Waals surface area contributed by atoms with Gasteiger partial charge in [0.25, 0.3) is 0 Å². The van der Waals surface area contributed by atoms with E-state index in [-0.39, 0.29) is 12.6 Å². The molecule has 0 aromatic carbocycles. The van der Waals surface area contributed by atoms with Crippen molar-refractivity contribution in [2.75, 3.05) is 0 Å². The maximum atomic E-state index is 12.5. The number of imidazole rings is 1. The van der Waals surface area contributed by atoms with E-state index in [1.807, 2.05) is 38.1 Å². The number of halogens is 1. The zero-order valence-electron chi connectivity index (χ0n) is 14.4. The molecule has 7 heteroatoms. The van der Waals surface area contributed by atoms with Crippen LogP contribution in [0, 0.1) is 13.8 Å². The number of carbonyl (C=O) groups excluding carboxylic acids is 1. The molecule has 0 bridgehead atoms. The van der Waals surface area contributed by atoms with Gasteiger partial charge in [0.15, 0.2) is 0 Å². The first-order valence-electron chi connectivity index (χ1n) is 7.87. The van der Waals surface area contributed by atoms with Gasteiger partial charge >= 0.3 is 5.97 Å². The van der Waals surface area contributed by atoms with Gasteiger partial charge in [-0.3, -0.25) is 4.98 Å². The number of hydrogen-bond donors (Lipinski definition) is 0. The zero-order valence-corrected chi connectivity index (χ0v) is 15.1. The van der Waals surface area contributed by atoms with E-state index in [1.165, 1.54) is 6.20 Å². The Kier molecular flexibility index (Phi) is 4.90. The molecule has 0 radical (unpaired) electrons. The molecule has 0 amide bonds. The molecule has 0 aliphatic rings. The van der Waals surface area contributed by atoms with Gasteiger partial charge in [-0.2, -0.15) is 0 Å². The Hall–Kier alpha value is -2.60. The van der Waals surface area contributed by atoms with Gasteiger partial charge in [0.2, 0.25) is 0 Å². The number of carbonyl (C=O) groups is 1. The van der Waals surface area contributed by atoms with Crippen molar-refractivity contribution in [1.82, 2.24) is 19.1 Å². The van der Waals surface area contributed by atoms with E-state index in [0.29, 0.717) is 23.1 Å². The van der Waals surface area contributed by atoms with Crippen molar-refractivity contribution in [2.24, 2.45) is 7.05 Å². The highest BCUT2D eigenvalue weighted by Crippen LogP contribution is 2.18. The lowest BCUT2D eigenvalue weighted by Gasteiger charge is -2.09. The molecule has 0 spiro atoms. The van der Waals surface area contributed by atoms with Gasteiger partial charge in [-0.05, 0) is 32.0 Å². The van der Waals surface area contributed by atoms with Crippen LogP contribution in [0.4, 0.5) is 0 Å². The Bertz CT molecular complexity index is 899. The molecule has 0 aliphatic carbocycles. The van der Waals surface area contributed by atoms with Crippen LogP contribution >= 0.6 is 11.6 Å². The molecular weight excluding hydrogens is 340 g/mol. The molecule has 3 aromatic heterocycles. The number of aromatic nitrogens is 4. The minimum atomic E-state index is -0.375. The van der Waals surface area contributed by atoms with E-state index in [1.54, 1.807) is 17.8 Å². The summed E-state index contributed by atoms with van der Waals surface area (Å²) in [5, 5.41) is 0.500. The van der Waals surface area contributed by atoms with Crippen LogP contribution in [-0.4, -0.2) is 25.1 Å². The van der Waals surface area contributed by atoms with Crippen LogP contribution in [0.5, 0.6) is 0 Å². The lowest BCUT2D eigenvalue weighted by molar-refractivity contribution is 0.0458. The molecular formula is C18H19ClN4O2. The standard InChI is InChI=1S/C18H19ClN4O2/c1-12-8-15(13(2)23(12)10-14-6-4-5-7-20-14)18(24)25-11-17-21-9-16(19)22(17)3/h4-9H,10-11H2,1-3H3. The topological polar surface area (TPSA) is 61.9 Å². The highest BCUT2D eigenvalue weighted by atomic mass is 35.5. The molecule has 130 valence electrons. The second-order valence-electron chi connectivity index (χ2n) is 5.82. The zero-order chi connectivity index (χ0) is 18.0. The first kappa shape index (κ1) is 17.2. The summed E-state index contributed by atoms with van der Waals surface area (Å²) < 4.78 is 9.13. The van der Waals surface area contributed by atoms with E-state index in [2.05, 4.69) is 14.5 Å². The Morgan fingerprint density at radius 3 is 2.72 bits per heavy atom. The first-order chi connectivity index (χ1) is 12.0. The minimum absolute atomic E-state index is 0.0754. The van der Waals surface area contributed by atoms with Crippen LogP contribution in [0.2, 0.25) is 5.15 Å². The Balaban J connectivity index is 1.75. The molecule has 0 saturated carbocycles. The van der Waals surface area contributed by atoms with E-state index in [4.69, 9.17) is 16.3 Å². The van der Waals surface area contributed by atoms with Crippen LogP contribution < -0.4 is 0 Å². The van der Waals surface area contributed by atoms with E-state index < -0.39 is 0 Å². The minimum Gasteiger partial charge on any atom is -0.454 e. The highest BCUT2D eigenvalue weighted by molar-refractivity contribution is 6.29. The van der Waals surface area contributed by atoms with E-state index in [0.717, 1.165) is 17.1 Å². The first-order valence-corrected chi connectivity index (χ1v) is 8.25. The van der Waals surface area contributed by atoms with Gasteiger partial charge in [-0.25, -0.2) is 9.78 Å². The normalized spacial score (nSPS) is 10.9. The van der Waals surface area contributed by atoms with Crippen LogP contribution in [0.15, 0.2) is 36.7 Å². The van der Waals surface area contributed by atoms with Gasteiger partial charge in [-0.1, -0.05) is 17.7 Å². The third-order valence-corrected chi connectivity index (χ3v) is 4.55. The molecule has 0 saturated heterocycles. The molecule has 0 fully saturated rings. The fourth-order valence-electron chi connectivity index (χ4n) is 2.67. The van der Waals surface area contributed by atoms with Crippen molar-refractivity contribution in [2.45, 2.75) is 27.0 Å². The number of hydrogen-bond acceptors (Lipinski definition) is 4. The largest absolute Gasteiger partial charge is 0.454 e. The maximum absolute atomic E-state index is 12.5. The molecule has 3 heterocycles. The maximum Gasteiger partial charge on any atom is 0.340 e. The average molecular weight is 359 g/mol. The van der Waals surface area contributed by atoms with Gasteiger partial charge in [-0.15, -0.1) is 0 Å². The van der Waals surface area contributed by atoms with E-state index in [9.17, 15) is 4.79 Å². The van der Waals surface area contributed by atoms with Gasteiger partial charge in [0.1, 0.15) is 17.6 Å². The number of aryl methyl sites for hydroxylation is 1. The third kappa shape index (κ3) is 3.58. The molecule has 0 atom stereocenters. The molecule has 6 nitrogen and oxygen atoms in total. The second-order valence-corrected chi connectivity index (χ2v) is 6.21. The molecule has 3 aromatic rings. The van der Waals surface area contributed by atoms with E-state index >= 15 is 0 Å². The predicted molar refractivity (Wildman–Crippen MR) is 94.6 cm³/mol. The van der Waals surface area contributed by atoms with Gasteiger partial charge < -0.3 is 13.9 Å². The fraction of sp³-hybridized carbons (Fsp3) is 0.278. The highest BCUT2D eigenvalue weighted by Gasteiger charge is 2.18. The summed E-state index contributed by atoms with van der Waals surface area (Å²) in [6, 6.07) is 7.63. The van der Waals surface area contributed by atoms with Crippen molar-refractivity contribution >= 4 is 17.6 Å². The smallest absolute Gasteiger partial charge is 0.340 e. The van der Waals surface area contributed by atoms with Crippen molar-refractivity contribution in [1.29, 1.82) is 0 Å².